The summed E-state index contributed by atoms with van der Waals surface area (Å²) in [6.45, 7) is 0. The molecule has 0 N–H and O–H groups in total. The van der Waals surface area contributed by atoms with Gasteiger partial charge in [-0.1, -0.05) is 0 Å². The van der Waals surface area contributed by atoms with Gasteiger partial charge in [0.25, 0.3) is 0 Å². The highest BCUT2D eigenvalue weighted by Crippen LogP contribution is 2.29. The van der Waals surface area contributed by atoms with E-state index in [4.69, 9.17) is 5.26 Å². The molecule has 0 spiro atoms. The quantitative estimate of drug-likeness (QED) is 0.544. The van der Waals surface area contributed by atoms with Gasteiger partial charge in [-0.25, -0.2) is 4.98 Å². The molecular weight excluding hydrogens is 392 g/mol. The molecule has 0 atom stereocenters. The van der Waals surface area contributed by atoms with Crippen molar-refractivity contribution in [2.75, 3.05) is 0 Å². The highest BCUT2D eigenvalue weighted by molar-refractivity contribution is 14.1. The molecule has 0 amide bonds. The SMILES string of the molecule is N#Cc1nc(I)c(Br)cc1OC(F)(F)F. The lowest BCUT2D eigenvalue weighted by Crippen LogP contribution is -2.18. The third kappa shape index (κ3) is 3.49. The Kier molecular flexibility index (Phi) is 3.77. The maximum atomic E-state index is 11.9. The van der Waals surface area contributed by atoms with Crippen molar-refractivity contribution in [1.82, 2.24) is 4.98 Å². The first-order valence-electron chi connectivity index (χ1n) is 3.35. The van der Waals surface area contributed by atoms with Crippen LogP contribution in [0.5, 0.6) is 5.75 Å². The van der Waals surface area contributed by atoms with Gasteiger partial charge in [0.15, 0.2) is 11.4 Å². The number of ether oxygens (including phenoxy) is 1. The number of hydrogen-bond donors (Lipinski definition) is 0. The summed E-state index contributed by atoms with van der Waals surface area (Å²) in [7, 11) is 0. The Morgan fingerprint density at radius 1 is 1.53 bits per heavy atom. The van der Waals surface area contributed by atoms with E-state index in [1.54, 1.807) is 22.6 Å². The van der Waals surface area contributed by atoms with E-state index in [0.29, 0.717) is 8.17 Å². The Bertz CT molecular complexity index is 429. The Morgan fingerprint density at radius 3 is 2.60 bits per heavy atom. The van der Waals surface area contributed by atoms with Gasteiger partial charge < -0.3 is 4.74 Å². The Morgan fingerprint density at radius 2 is 2.13 bits per heavy atom. The lowest BCUT2D eigenvalue weighted by molar-refractivity contribution is -0.274. The average Bonchev–Trinajstić information content (AvgIpc) is 2.08. The van der Waals surface area contributed by atoms with Crippen LogP contribution in [0.1, 0.15) is 5.69 Å². The minimum absolute atomic E-state index is 0.335. The Balaban J connectivity index is 3.18. The molecule has 15 heavy (non-hydrogen) atoms. The third-order valence-corrected chi connectivity index (χ3v) is 3.40. The molecule has 0 saturated carbocycles. The van der Waals surface area contributed by atoms with Gasteiger partial charge in [0, 0.05) is 6.07 Å². The number of aromatic nitrogens is 1. The first-order valence-corrected chi connectivity index (χ1v) is 5.22. The molecule has 0 bridgehead atoms. The average molecular weight is 393 g/mol. The Labute approximate surface area is 105 Å². The zero-order chi connectivity index (χ0) is 11.6. The van der Waals surface area contributed by atoms with Crippen molar-refractivity contribution in [2.45, 2.75) is 6.36 Å². The van der Waals surface area contributed by atoms with E-state index in [-0.39, 0.29) is 0 Å². The highest BCUT2D eigenvalue weighted by Gasteiger charge is 2.32. The molecule has 0 aliphatic rings. The van der Waals surface area contributed by atoms with Crippen molar-refractivity contribution in [2.24, 2.45) is 0 Å². The molecule has 0 radical (unpaired) electrons. The van der Waals surface area contributed by atoms with Crippen LogP contribution in [-0.4, -0.2) is 11.3 Å². The number of alkyl halides is 3. The molecule has 0 aromatic carbocycles. The summed E-state index contributed by atoms with van der Waals surface area (Å²) in [4.78, 5) is 3.63. The number of halogens is 5. The predicted octanol–water partition coefficient (Wildman–Crippen LogP) is 3.22. The maximum absolute atomic E-state index is 11.9. The van der Waals surface area contributed by atoms with E-state index in [1.807, 2.05) is 0 Å². The first-order chi connectivity index (χ1) is 6.83. The fraction of sp³-hybridized carbons (Fsp3) is 0.143. The largest absolute Gasteiger partial charge is 0.573 e. The second-order valence-electron chi connectivity index (χ2n) is 2.27. The summed E-state index contributed by atoms with van der Waals surface area (Å²) in [5.41, 5.74) is -0.403. The first kappa shape index (κ1) is 12.5. The van der Waals surface area contributed by atoms with Crippen molar-refractivity contribution in [3.63, 3.8) is 0 Å². The number of nitriles is 1. The fourth-order valence-corrected chi connectivity index (χ4v) is 1.43. The van der Waals surface area contributed by atoms with Crippen molar-refractivity contribution in [3.05, 3.63) is 19.9 Å². The second-order valence-corrected chi connectivity index (χ2v) is 4.14. The molecule has 1 aromatic heterocycles. The fourth-order valence-electron chi connectivity index (χ4n) is 0.732. The van der Waals surface area contributed by atoms with E-state index < -0.39 is 17.8 Å². The maximum Gasteiger partial charge on any atom is 0.573 e. The van der Waals surface area contributed by atoms with Crippen LogP contribution in [0.2, 0.25) is 0 Å². The monoisotopic (exact) mass is 392 g/mol. The minimum atomic E-state index is -4.83. The van der Waals surface area contributed by atoms with Crippen LogP contribution < -0.4 is 4.74 Å². The van der Waals surface area contributed by atoms with Crippen LogP contribution in [0, 0.1) is 15.0 Å². The van der Waals surface area contributed by atoms with Crippen molar-refractivity contribution < 1.29 is 17.9 Å². The second kappa shape index (κ2) is 4.52. The van der Waals surface area contributed by atoms with Crippen molar-refractivity contribution in [3.8, 4) is 11.8 Å². The summed E-state index contributed by atoms with van der Waals surface area (Å²) < 4.78 is 40.1. The molecule has 0 fully saturated rings. The lowest BCUT2D eigenvalue weighted by atomic mass is 10.3. The summed E-state index contributed by atoms with van der Waals surface area (Å²) in [5, 5.41) is 8.55. The van der Waals surface area contributed by atoms with Gasteiger partial charge in [-0.05, 0) is 38.5 Å². The molecule has 3 nitrogen and oxygen atoms in total. The van der Waals surface area contributed by atoms with E-state index in [2.05, 4.69) is 25.7 Å². The summed E-state index contributed by atoms with van der Waals surface area (Å²) in [6.07, 6.45) is -4.83. The number of rotatable bonds is 1. The molecule has 1 heterocycles. The molecule has 0 saturated heterocycles. The van der Waals surface area contributed by atoms with E-state index in [9.17, 15) is 13.2 Å². The molecule has 1 rings (SSSR count). The van der Waals surface area contributed by atoms with E-state index >= 15 is 0 Å². The highest BCUT2D eigenvalue weighted by atomic mass is 127. The van der Waals surface area contributed by atoms with Gasteiger partial charge in [0.05, 0.1) is 4.47 Å². The van der Waals surface area contributed by atoms with Crippen molar-refractivity contribution in [1.29, 1.82) is 5.26 Å². The smallest absolute Gasteiger partial charge is 0.403 e. The molecule has 1 aromatic rings. The van der Waals surface area contributed by atoms with Crippen LogP contribution in [0.3, 0.4) is 0 Å². The van der Waals surface area contributed by atoms with Crippen LogP contribution in [0.4, 0.5) is 13.2 Å². The zero-order valence-corrected chi connectivity index (χ0v) is 10.5. The van der Waals surface area contributed by atoms with Crippen LogP contribution >= 0.6 is 38.5 Å². The zero-order valence-electron chi connectivity index (χ0n) is 6.77. The molecule has 0 aliphatic carbocycles. The normalized spacial score (nSPS) is 10.9. The van der Waals surface area contributed by atoms with E-state index in [0.717, 1.165) is 6.07 Å². The molecule has 0 unspecified atom stereocenters. The van der Waals surface area contributed by atoms with E-state index in [1.165, 1.54) is 6.07 Å². The standard InChI is InChI=1S/C7HBrF3IN2O/c8-3-1-5(15-7(9,10)11)4(2-13)14-6(3)12/h1H. The third-order valence-electron chi connectivity index (χ3n) is 1.23. The Hall–Kier alpha value is -0.560. The van der Waals surface area contributed by atoms with Gasteiger partial charge in [-0.15, -0.1) is 13.2 Å². The molecule has 0 aliphatic heterocycles. The lowest BCUT2D eigenvalue weighted by Gasteiger charge is -2.10. The van der Waals surface area contributed by atoms with Crippen LogP contribution in [0.25, 0.3) is 0 Å². The van der Waals surface area contributed by atoms with Gasteiger partial charge in [0.1, 0.15) is 9.77 Å². The molecular formula is C7HBrF3IN2O. The van der Waals surface area contributed by atoms with Crippen molar-refractivity contribution >= 4 is 38.5 Å². The predicted molar refractivity (Wildman–Crippen MR) is 56.1 cm³/mol. The van der Waals surface area contributed by atoms with Crippen LogP contribution in [-0.2, 0) is 0 Å². The van der Waals surface area contributed by atoms with Gasteiger partial charge in [0.2, 0.25) is 0 Å². The minimum Gasteiger partial charge on any atom is -0.403 e. The number of nitrogens with zero attached hydrogens (tertiary/aromatic N) is 2. The number of pyridine rings is 1. The van der Waals surface area contributed by atoms with Gasteiger partial charge in [-0.2, -0.15) is 5.26 Å². The molecule has 8 heteroatoms. The summed E-state index contributed by atoms with van der Waals surface area (Å²) in [5.74, 6) is -0.614. The van der Waals surface area contributed by atoms with Gasteiger partial charge >= 0.3 is 6.36 Å². The van der Waals surface area contributed by atoms with Gasteiger partial charge in [-0.3, -0.25) is 0 Å². The topological polar surface area (TPSA) is 45.9 Å². The molecule has 80 valence electrons. The van der Waals surface area contributed by atoms with Crippen LogP contribution in [0.15, 0.2) is 10.5 Å². The number of hydrogen-bond acceptors (Lipinski definition) is 3. The summed E-state index contributed by atoms with van der Waals surface area (Å²) >= 11 is 4.77. The summed E-state index contributed by atoms with van der Waals surface area (Å²) in [6, 6.07) is 2.58.